The van der Waals surface area contributed by atoms with Gasteiger partial charge >= 0.3 is 7.12 Å². The molecule has 3 rings (SSSR count). The fraction of sp³-hybridized carbons (Fsp3) is 0.476. The van der Waals surface area contributed by atoms with Crippen LogP contribution in [0.4, 0.5) is 0 Å². The lowest BCUT2D eigenvalue weighted by Crippen LogP contribution is -2.41. The third-order valence-electron chi connectivity index (χ3n) is 5.13. The predicted octanol–water partition coefficient (Wildman–Crippen LogP) is 2.99. The molecule has 1 aromatic heterocycles. The van der Waals surface area contributed by atoms with Gasteiger partial charge in [-0.3, -0.25) is 0 Å². The molecule has 0 amide bonds. The molecule has 150 valence electrons. The van der Waals surface area contributed by atoms with Gasteiger partial charge in [-0.2, -0.15) is 0 Å². The number of hydrogen-bond acceptors (Lipinski definition) is 6. The molecule has 1 fully saturated rings. The maximum absolute atomic E-state index is 6.12. The molecule has 0 atom stereocenters. The van der Waals surface area contributed by atoms with Gasteiger partial charge in [0, 0.05) is 18.8 Å². The van der Waals surface area contributed by atoms with Crippen LogP contribution >= 0.6 is 0 Å². The minimum atomic E-state index is -0.509. The van der Waals surface area contributed by atoms with Gasteiger partial charge in [0.1, 0.15) is 13.2 Å². The van der Waals surface area contributed by atoms with Crippen LogP contribution in [0, 0.1) is 0 Å². The molecule has 0 unspecified atom stereocenters. The van der Waals surface area contributed by atoms with Crippen LogP contribution < -0.4 is 14.9 Å². The molecule has 0 N–H and O–H groups in total. The number of pyridine rings is 1. The Bertz CT molecular complexity index is 766. The van der Waals surface area contributed by atoms with Gasteiger partial charge in [-0.1, -0.05) is 30.3 Å². The van der Waals surface area contributed by atoms with Crippen molar-refractivity contribution in [3.8, 4) is 11.6 Å². The Hall–Kier alpha value is -2.09. The molecule has 28 heavy (non-hydrogen) atoms. The first-order chi connectivity index (χ1) is 13.3. The minimum absolute atomic E-state index is 0.396. The van der Waals surface area contributed by atoms with Crippen LogP contribution in [0.2, 0.25) is 0 Å². The quantitative estimate of drug-likeness (QED) is 0.515. The van der Waals surface area contributed by atoms with E-state index >= 15 is 0 Å². The fourth-order valence-corrected chi connectivity index (χ4v) is 2.73. The third kappa shape index (κ3) is 4.66. The summed E-state index contributed by atoms with van der Waals surface area (Å²) in [5.74, 6) is 0.973. The molecule has 0 saturated carbocycles. The minimum Gasteiger partial charge on any atom is -0.486 e. The first-order valence-electron chi connectivity index (χ1n) is 9.46. The summed E-state index contributed by atoms with van der Waals surface area (Å²) >= 11 is 0. The third-order valence-corrected chi connectivity index (χ3v) is 5.13. The standard InChI is InChI=1S/C21H28BNO5/c1-20(2)21(3,4)28-22(27-20)17-13-18(25-12-11-24-5)19(23-14-17)26-15-16-9-7-6-8-10-16/h6-10,13-14H,11-12,15H2,1-5H3. The van der Waals surface area contributed by atoms with Crippen LogP contribution in [-0.2, 0) is 20.7 Å². The monoisotopic (exact) mass is 385 g/mol. The Morgan fingerprint density at radius 2 is 1.64 bits per heavy atom. The Kier molecular flexibility index (Phi) is 6.28. The Labute approximate surface area is 167 Å². The molecule has 0 spiro atoms. The van der Waals surface area contributed by atoms with Crippen LogP contribution in [-0.4, -0.2) is 43.6 Å². The molecule has 7 heteroatoms. The predicted molar refractivity (Wildman–Crippen MR) is 108 cm³/mol. The van der Waals surface area contributed by atoms with Gasteiger partial charge < -0.3 is 23.5 Å². The number of aromatic nitrogens is 1. The molecular weight excluding hydrogens is 357 g/mol. The second-order valence-electron chi connectivity index (χ2n) is 7.78. The summed E-state index contributed by atoms with van der Waals surface area (Å²) in [7, 11) is 1.13. The molecule has 6 nitrogen and oxygen atoms in total. The van der Waals surface area contributed by atoms with Crippen LogP contribution in [0.3, 0.4) is 0 Å². The first-order valence-corrected chi connectivity index (χ1v) is 9.46. The zero-order valence-corrected chi connectivity index (χ0v) is 17.2. The summed E-state index contributed by atoms with van der Waals surface area (Å²) < 4.78 is 29.1. The second-order valence-corrected chi connectivity index (χ2v) is 7.78. The van der Waals surface area contributed by atoms with E-state index in [-0.39, 0.29) is 0 Å². The lowest BCUT2D eigenvalue weighted by Gasteiger charge is -2.32. The average molecular weight is 385 g/mol. The van der Waals surface area contributed by atoms with Crippen molar-refractivity contribution >= 4 is 12.6 Å². The maximum atomic E-state index is 6.12. The normalized spacial score (nSPS) is 17.5. The van der Waals surface area contributed by atoms with Crippen molar-refractivity contribution in [3.05, 3.63) is 48.2 Å². The Balaban J connectivity index is 1.79. The second kappa shape index (κ2) is 8.51. The van der Waals surface area contributed by atoms with Crippen LogP contribution in [0.25, 0.3) is 0 Å². The Morgan fingerprint density at radius 1 is 0.964 bits per heavy atom. The van der Waals surface area contributed by atoms with Gasteiger partial charge in [0.25, 0.3) is 5.88 Å². The van der Waals surface area contributed by atoms with E-state index in [9.17, 15) is 0 Å². The molecule has 0 aliphatic carbocycles. The van der Waals surface area contributed by atoms with Crippen LogP contribution in [0.5, 0.6) is 11.6 Å². The highest BCUT2D eigenvalue weighted by Gasteiger charge is 2.52. The summed E-state index contributed by atoms with van der Waals surface area (Å²) in [5.41, 5.74) is 1.01. The van der Waals surface area contributed by atoms with Gasteiger partial charge in [-0.15, -0.1) is 0 Å². The molecule has 1 aliphatic heterocycles. The molecular formula is C21H28BNO5. The van der Waals surface area contributed by atoms with E-state index in [1.807, 2.05) is 64.1 Å². The van der Waals surface area contributed by atoms with E-state index in [4.69, 9.17) is 23.5 Å². The number of benzene rings is 1. The molecule has 2 aromatic rings. The van der Waals surface area contributed by atoms with Gasteiger partial charge in [-0.05, 0) is 39.3 Å². The smallest absolute Gasteiger partial charge is 0.486 e. The lowest BCUT2D eigenvalue weighted by atomic mass is 9.80. The van der Waals surface area contributed by atoms with Crippen molar-refractivity contribution in [1.82, 2.24) is 4.98 Å². The van der Waals surface area contributed by atoms with Crippen molar-refractivity contribution in [2.75, 3.05) is 20.3 Å². The molecule has 1 aromatic carbocycles. The molecule has 1 aliphatic rings. The first kappa shape index (κ1) is 20.6. The van der Waals surface area contributed by atoms with Crippen LogP contribution in [0.1, 0.15) is 33.3 Å². The Morgan fingerprint density at radius 3 is 2.29 bits per heavy atom. The summed E-state index contributed by atoms with van der Waals surface area (Å²) in [6.45, 7) is 9.36. The number of ether oxygens (including phenoxy) is 3. The van der Waals surface area contributed by atoms with E-state index in [2.05, 4.69) is 4.98 Å². The number of nitrogens with zero attached hydrogens (tertiary/aromatic N) is 1. The maximum Gasteiger partial charge on any atom is 0.496 e. The largest absolute Gasteiger partial charge is 0.496 e. The van der Waals surface area contributed by atoms with Crippen molar-refractivity contribution in [1.29, 1.82) is 0 Å². The zero-order valence-electron chi connectivity index (χ0n) is 17.2. The summed E-state index contributed by atoms with van der Waals surface area (Å²) in [6, 6.07) is 11.8. The van der Waals surface area contributed by atoms with E-state index in [1.165, 1.54) is 0 Å². The van der Waals surface area contributed by atoms with Crippen molar-refractivity contribution in [2.24, 2.45) is 0 Å². The summed E-state index contributed by atoms with van der Waals surface area (Å²) in [4.78, 5) is 4.46. The highest BCUT2D eigenvalue weighted by molar-refractivity contribution is 6.62. The van der Waals surface area contributed by atoms with Gasteiger partial charge in [0.15, 0.2) is 5.75 Å². The fourth-order valence-electron chi connectivity index (χ4n) is 2.73. The van der Waals surface area contributed by atoms with Crippen LogP contribution in [0.15, 0.2) is 42.6 Å². The lowest BCUT2D eigenvalue weighted by molar-refractivity contribution is 0.00578. The molecule has 0 radical (unpaired) electrons. The number of hydrogen-bond donors (Lipinski definition) is 0. The van der Waals surface area contributed by atoms with E-state index in [0.717, 1.165) is 11.0 Å². The molecule has 1 saturated heterocycles. The molecule has 2 heterocycles. The van der Waals surface area contributed by atoms with Gasteiger partial charge in [-0.25, -0.2) is 4.98 Å². The number of rotatable bonds is 8. The van der Waals surface area contributed by atoms with E-state index in [1.54, 1.807) is 13.3 Å². The van der Waals surface area contributed by atoms with E-state index in [0.29, 0.717) is 31.5 Å². The van der Waals surface area contributed by atoms with Gasteiger partial charge in [0.2, 0.25) is 0 Å². The van der Waals surface area contributed by atoms with Crippen molar-refractivity contribution in [3.63, 3.8) is 0 Å². The topological polar surface area (TPSA) is 59.0 Å². The highest BCUT2D eigenvalue weighted by Crippen LogP contribution is 2.37. The highest BCUT2D eigenvalue weighted by atomic mass is 16.7. The van der Waals surface area contributed by atoms with Gasteiger partial charge in [0.05, 0.1) is 17.8 Å². The average Bonchev–Trinajstić information content (AvgIpc) is 2.89. The SMILES string of the molecule is COCCOc1cc(B2OC(C)(C)C(C)(C)O2)cnc1OCc1ccccc1. The van der Waals surface area contributed by atoms with E-state index < -0.39 is 18.3 Å². The zero-order chi connectivity index (χ0) is 20.2. The summed E-state index contributed by atoms with van der Waals surface area (Å²) in [5, 5.41) is 0. The molecule has 0 bridgehead atoms. The summed E-state index contributed by atoms with van der Waals surface area (Å²) in [6.07, 6.45) is 1.71. The van der Waals surface area contributed by atoms with Crippen molar-refractivity contribution < 1.29 is 23.5 Å². The van der Waals surface area contributed by atoms with Crippen molar-refractivity contribution in [2.45, 2.75) is 45.5 Å². The number of methoxy groups -OCH3 is 1.